The third-order valence-corrected chi connectivity index (χ3v) is 6.74. The van der Waals surface area contributed by atoms with Crippen LogP contribution in [0.4, 0.5) is 37.7 Å². The van der Waals surface area contributed by atoms with E-state index in [4.69, 9.17) is 4.74 Å². The van der Waals surface area contributed by atoms with E-state index in [2.05, 4.69) is 10.6 Å². The lowest BCUT2D eigenvalue weighted by Gasteiger charge is -2.49. The van der Waals surface area contributed by atoms with Crippen LogP contribution in [0.5, 0.6) is 0 Å². The second-order valence-corrected chi connectivity index (χ2v) is 10.5. The van der Waals surface area contributed by atoms with E-state index in [1.165, 1.54) is 12.1 Å². The Morgan fingerprint density at radius 3 is 2.37 bits per heavy atom. The lowest BCUT2D eigenvalue weighted by atomic mass is 9.92. The maximum atomic E-state index is 14.7. The van der Waals surface area contributed by atoms with Crippen molar-refractivity contribution in [2.45, 2.75) is 24.7 Å². The molecule has 1 aliphatic rings. The topological polar surface area (TPSA) is 73.9 Å². The number of likely N-dealkylation sites (tertiary alicyclic amines) is 1. The summed E-state index contributed by atoms with van der Waals surface area (Å²) in [5, 5.41) is 5.35. The van der Waals surface area contributed by atoms with Gasteiger partial charge < -0.3 is 25.2 Å². The van der Waals surface area contributed by atoms with Crippen LogP contribution in [0.15, 0.2) is 30.3 Å². The van der Waals surface area contributed by atoms with Crippen molar-refractivity contribution in [1.29, 1.82) is 0 Å². The van der Waals surface area contributed by atoms with Gasteiger partial charge in [0.1, 0.15) is 5.82 Å². The molecule has 2 N–H and O–H groups in total. The molecule has 38 heavy (non-hydrogen) atoms. The van der Waals surface area contributed by atoms with Gasteiger partial charge in [0.05, 0.1) is 30.0 Å². The average molecular weight is 658 g/mol. The number of ether oxygens (including phenoxy) is 1. The average Bonchev–Trinajstić information content (AvgIpc) is 2.80. The second-order valence-electron chi connectivity index (χ2n) is 9.21. The summed E-state index contributed by atoms with van der Waals surface area (Å²) in [5.74, 6) is -6.80. The number of halogens is 7. The Morgan fingerprint density at radius 1 is 1.13 bits per heavy atom. The number of alkyl halides is 3. The first-order valence-corrected chi connectivity index (χ1v) is 12.4. The van der Waals surface area contributed by atoms with Crippen LogP contribution < -0.4 is 10.6 Å². The van der Waals surface area contributed by atoms with Crippen molar-refractivity contribution in [3.63, 3.8) is 0 Å². The van der Waals surface area contributed by atoms with Crippen LogP contribution in [-0.4, -0.2) is 79.8 Å². The number of anilines is 2. The lowest BCUT2D eigenvalue weighted by Crippen LogP contribution is -2.70. The molecule has 1 saturated heterocycles. The standard InChI is InChI=1S/C24H25F6IN4O3/c1-13(34(2)3)9-32-10-23(38-22(37)24(28,29)30)11-35(12-23)21(36)15-5-6-16(25)19(27)20(15)33-18-7-4-14(31)8-17(18)26/h4-8,13,32-33H,9-12H2,1-3H3. The van der Waals surface area contributed by atoms with E-state index < -0.39 is 59.9 Å². The summed E-state index contributed by atoms with van der Waals surface area (Å²) in [7, 11) is 3.62. The van der Waals surface area contributed by atoms with Gasteiger partial charge in [0.15, 0.2) is 17.2 Å². The molecule has 1 fully saturated rings. The van der Waals surface area contributed by atoms with Crippen molar-refractivity contribution in [2.75, 3.05) is 45.6 Å². The van der Waals surface area contributed by atoms with Crippen molar-refractivity contribution < 1.29 is 40.7 Å². The van der Waals surface area contributed by atoms with Gasteiger partial charge in [-0.2, -0.15) is 13.2 Å². The molecule has 2 aromatic carbocycles. The minimum absolute atomic E-state index is 0.000616. The Hall–Kier alpha value is -2.59. The van der Waals surface area contributed by atoms with Crippen LogP contribution in [0.2, 0.25) is 0 Å². The SMILES string of the molecule is CC(CNCC1(OC(=O)C(F)(F)F)CN(C(=O)c2ccc(F)c(F)c2Nc2ccc(I)cc2F)C1)N(C)C. The van der Waals surface area contributed by atoms with Gasteiger partial charge in [0, 0.05) is 22.7 Å². The first-order valence-electron chi connectivity index (χ1n) is 11.3. The molecule has 14 heteroatoms. The molecule has 3 rings (SSSR count). The zero-order valence-corrected chi connectivity index (χ0v) is 22.7. The molecular weight excluding hydrogens is 633 g/mol. The van der Waals surface area contributed by atoms with Gasteiger partial charge in [-0.25, -0.2) is 18.0 Å². The number of hydrogen-bond donors (Lipinski definition) is 2. The number of benzene rings is 2. The molecule has 1 atom stereocenters. The highest BCUT2D eigenvalue weighted by Gasteiger charge is 2.53. The number of nitrogens with one attached hydrogen (secondary N) is 2. The summed E-state index contributed by atoms with van der Waals surface area (Å²) in [6, 6.07) is 5.62. The Bertz CT molecular complexity index is 1200. The van der Waals surface area contributed by atoms with Gasteiger partial charge in [-0.1, -0.05) is 0 Å². The number of likely N-dealkylation sites (N-methyl/N-ethyl adjacent to an activating group) is 1. The maximum Gasteiger partial charge on any atom is 0.490 e. The van der Waals surface area contributed by atoms with E-state index >= 15 is 0 Å². The molecule has 1 aliphatic heterocycles. The van der Waals surface area contributed by atoms with Crippen LogP contribution in [0.25, 0.3) is 0 Å². The van der Waals surface area contributed by atoms with Crippen molar-refractivity contribution in [2.24, 2.45) is 0 Å². The number of hydrogen-bond acceptors (Lipinski definition) is 6. The molecule has 1 amide bonds. The van der Waals surface area contributed by atoms with E-state index in [1.807, 2.05) is 48.5 Å². The van der Waals surface area contributed by atoms with Gasteiger partial charge in [-0.3, -0.25) is 4.79 Å². The summed E-state index contributed by atoms with van der Waals surface area (Å²) in [5.41, 5.74) is -2.94. The second kappa shape index (κ2) is 11.7. The van der Waals surface area contributed by atoms with Crippen molar-refractivity contribution >= 4 is 45.8 Å². The molecule has 0 aliphatic carbocycles. The summed E-state index contributed by atoms with van der Waals surface area (Å²) in [4.78, 5) is 27.7. The van der Waals surface area contributed by atoms with Crippen molar-refractivity contribution in [3.05, 3.63) is 56.9 Å². The Balaban J connectivity index is 1.83. The van der Waals surface area contributed by atoms with Crippen LogP contribution >= 0.6 is 22.6 Å². The monoisotopic (exact) mass is 658 g/mol. The summed E-state index contributed by atoms with van der Waals surface area (Å²) in [6.07, 6.45) is -5.25. The number of carbonyl (C=O) groups is 2. The van der Waals surface area contributed by atoms with Crippen LogP contribution in [0, 0.1) is 21.0 Å². The Kier molecular flexibility index (Phi) is 9.19. The van der Waals surface area contributed by atoms with E-state index in [0.29, 0.717) is 16.2 Å². The predicted octanol–water partition coefficient (Wildman–Crippen LogP) is 4.29. The van der Waals surface area contributed by atoms with Gasteiger partial charge >= 0.3 is 12.1 Å². The molecule has 208 valence electrons. The van der Waals surface area contributed by atoms with Crippen LogP contribution in [0.1, 0.15) is 17.3 Å². The predicted molar refractivity (Wildman–Crippen MR) is 136 cm³/mol. The van der Waals surface area contributed by atoms with E-state index in [1.54, 1.807) is 0 Å². The fourth-order valence-electron chi connectivity index (χ4n) is 3.70. The first-order chi connectivity index (χ1) is 17.6. The zero-order chi connectivity index (χ0) is 28.4. The fourth-order valence-corrected chi connectivity index (χ4v) is 4.15. The molecule has 1 unspecified atom stereocenters. The van der Waals surface area contributed by atoms with Gasteiger partial charge in [-0.15, -0.1) is 0 Å². The summed E-state index contributed by atoms with van der Waals surface area (Å²) < 4.78 is 87.1. The number of carbonyl (C=O) groups excluding carboxylic acids is 2. The highest BCUT2D eigenvalue weighted by atomic mass is 127. The number of amides is 1. The fraction of sp³-hybridized carbons (Fsp3) is 0.417. The number of nitrogens with zero attached hydrogens (tertiary/aromatic N) is 2. The largest absolute Gasteiger partial charge is 0.490 e. The zero-order valence-electron chi connectivity index (χ0n) is 20.6. The molecule has 0 spiro atoms. The van der Waals surface area contributed by atoms with E-state index in [9.17, 15) is 35.9 Å². The number of rotatable bonds is 9. The molecule has 1 heterocycles. The highest BCUT2D eigenvalue weighted by Crippen LogP contribution is 2.34. The highest BCUT2D eigenvalue weighted by molar-refractivity contribution is 14.1. The van der Waals surface area contributed by atoms with Crippen molar-refractivity contribution in [1.82, 2.24) is 15.1 Å². The molecule has 2 aromatic rings. The molecular formula is C24H25F6IN4O3. The van der Waals surface area contributed by atoms with Gasteiger partial charge in [0.2, 0.25) is 0 Å². The van der Waals surface area contributed by atoms with Crippen LogP contribution in [0.3, 0.4) is 0 Å². The number of esters is 1. The van der Waals surface area contributed by atoms with Gasteiger partial charge in [-0.05, 0) is 73.9 Å². The van der Waals surface area contributed by atoms with Crippen LogP contribution in [-0.2, 0) is 9.53 Å². The molecule has 0 radical (unpaired) electrons. The first kappa shape index (κ1) is 30.0. The molecule has 0 bridgehead atoms. The smallest absolute Gasteiger partial charge is 0.447 e. The molecule has 0 aromatic heterocycles. The third kappa shape index (κ3) is 6.88. The normalized spacial score (nSPS) is 15.7. The molecule has 0 saturated carbocycles. The quantitative estimate of drug-likeness (QED) is 0.238. The van der Waals surface area contributed by atoms with Crippen molar-refractivity contribution in [3.8, 4) is 0 Å². The third-order valence-electron chi connectivity index (χ3n) is 6.07. The summed E-state index contributed by atoms with van der Waals surface area (Å²) >= 11 is 1.86. The minimum Gasteiger partial charge on any atom is -0.447 e. The van der Waals surface area contributed by atoms with Gasteiger partial charge in [0.25, 0.3) is 5.91 Å². The maximum absolute atomic E-state index is 14.7. The van der Waals surface area contributed by atoms with E-state index in [0.717, 1.165) is 17.0 Å². The summed E-state index contributed by atoms with van der Waals surface area (Å²) in [6.45, 7) is 1.16. The minimum atomic E-state index is -5.25. The lowest BCUT2D eigenvalue weighted by molar-refractivity contribution is -0.224. The Labute approximate surface area is 228 Å². The van der Waals surface area contributed by atoms with E-state index in [-0.39, 0.29) is 23.8 Å². The molecule has 7 nitrogen and oxygen atoms in total. The Morgan fingerprint density at radius 2 is 1.79 bits per heavy atom.